The number of hydrogen-bond acceptors (Lipinski definition) is 5. The lowest BCUT2D eigenvalue weighted by Crippen LogP contribution is -2.38. The molecule has 28 heavy (non-hydrogen) atoms. The molecule has 0 spiro atoms. The summed E-state index contributed by atoms with van der Waals surface area (Å²) in [5.74, 6) is 0.362. The Bertz CT molecular complexity index is 842. The van der Waals surface area contributed by atoms with Crippen LogP contribution < -0.4 is 10.6 Å². The Kier molecular flexibility index (Phi) is 6.76. The highest BCUT2D eigenvalue weighted by Gasteiger charge is 2.34. The fraction of sp³-hybridized carbons (Fsp3) is 0.400. The monoisotopic (exact) mass is 399 g/mol. The second-order valence-corrected chi connectivity index (χ2v) is 7.82. The van der Waals surface area contributed by atoms with Gasteiger partial charge < -0.3 is 10.6 Å². The van der Waals surface area contributed by atoms with Crippen molar-refractivity contribution in [2.75, 3.05) is 19.6 Å². The largest absolute Gasteiger partial charge is 0.357 e. The van der Waals surface area contributed by atoms with Crippen LogP contribution in [0.25, 0.3) is 0 Å². The molecule has 0 bridgehead atoms. The molecule has 2 N–H and O–H groups in total. The summed E-state index contributed by atoms with van der Waals surface area (Å²) in [4.78, 5) is 36.1. The zero-order valence-electron chi connectivity index (χ0n) is 16.2. The van der Waals surface area contributed by atoms with Gasteiger partial charge >= 0.3 is 0 Å². The molecule has 0 atom stereocenters. The van der Waals surface area contributed by atoms with E-state index in [1.165, 1.54) is 9.78 Å². The normalized spacial score (nSPS) is 13.8. The average molecular weight is 400 g/mol. The second-order valence-electron chi connectivity index (χ2n) is 6.50. The molecule has 2 aromatic rings. The molecule has 7 nitrogen and oxygen atoms in total. The van der Waals surface area contributed by atoms with E-state index in [4.69, 9.17) is 0 Å². The molecule has 8 heteroatoms. The first-order valence-corrected chi connectivity index (χ1v) is 10.3. The number of unbranched alkanes of at least 4 members (excludes halogenated alkanes) is 1. The summed E-state index contributed by atoms with van der Waals surface area (Å²) in [6, 6.07) is 6.98. The lowest BCUT2D eigenvalue weighted by molar-refractivity contribution is 0.0652. The van der Waals surface area contributed by atoms with Crippen molar-refractivity contribution in [2.45, 2.75) is 33.2 Å². The van der Waals surface area contributed by atoms with Crippen molar-refractivity contribution >= 4 is 29.1 Å². The zero-order chi connectivity index (χ0) is 19.9. The summed E-state index contributed by atoms with van der Waals surface area (Å²) >= 11 is 1.65. The van der Waals surface area contributed by atoms with Gasteiger partial charge in [0.1, 0.15) is 5.01 Å². The van der Waals surface area contributed by atoms with Crippen LogP contribution in [0, 0.1) is 6.92 Å². The molecule has 0 radical (unpaired) electrons. The zero-order valence-corrected chi connectivity index (χ0v) is 17.0. The van der Waals surface area contributed by atoms with Gasteiger partial charge in [-0.3, -0.25) is 14.5 Å². The Morgan fingerprint density at radius 1 is 1.14 bits per heavy atom. The molecule has 1 aliphatic rings. The van der Waals surface area contributed by atoms with Gasteiger partial charge in [0.15, 0.2) is 5.96 Å². The number of amides is 2. The van der Waals surface area contributed by atoms with Crippen molar-refractivity contribution in [3.05, 3.63) is 51.5 Å². The number of aliphatic imine (C=N–C) groups is 1. The van der Waals surface area contributed by atoms with E-state index in [1.807, 2.05) is 20.0 Å². The third kappa shape index (κ3) is 4.75. The maximum atomic E-state index is 12.3. The second kappa shape index (κ2) is 9.45. The maximum Gasteiger partial charge on any atom is 0.261 e. The molecule has 0 saturated carbocycles. The molecule has 0 aliphatic carbocycles. The Hall–Kier alpha value is -2.74. The Labute approximate surface area is 168 Å². The standard InChI is InChI=1S/C20H25N5O2S/c1-3-21-20(24-13-17-23-12-14(2)28-17)22-10-6-7-11-25-18(26)15-8-4-5-9-16(15)19(25)27/h4-5,8-9,12H,3,6-7,10-11,13H2,1-2H3,(H2,21,22,24). The van der Waals surface area contributed by atoms with Crippen LogP contribution in [-0.4, -0.2) is 47.3 Å². The minimum atomic E-state index is -0.192. The van der Waals surface area contributed by atoms with Gasteiger partial charge in [0, 0.05) is 30.7 Å². The summed E-state index contributed by atoms with van der Waals surface area (Å²) in [6.07, 6.45) is 3.42. The number of imide groups is 1. The first kappa shape index (κ1) is 20.0. The molecule has 1 aromatic heterocycles. The molecule has 0 fully saturated rings. The molecular formula is C20H25N5O2S. The summed E-state index contributed by atoms with van der Waals surface area (Å²) < 4.78 is 0. The topological polar surface area (TPSA) is 86.7 Å². The molecule has 1 aromatic carbocycles. The molecule has 0 unspecified atom stereocenters. The van der Waals surface area contributed by atoms with Gasteiger partial charge in [-0.25, -0.2) is 9.98 Å². The molecule has 0 saturated heterocycles. The van der Waals surface area contributed by atoms with Gasteiger partial charge in [-0.05, 0) is 38.8 Å². The number of carbonyl (C=O) groups excluding carboxylic acids is 2. The molecule has 2 amide bonds. The van der Waals surface area contributed by atoms with E-state index in [0.717, 1.165) is 30.4 Å². The van der Waals surface area contributed by atoms with Crippen LogP contribution in [0.2, 0.25) is 0 Å². The molecule has 1 aliphatic heterocycles. The van der Waals surface area contributed by atoms with Crippen molar-refractivity contribution < 1.29 is 9.59 Å². The van der Waals surface area contributed by atoms with Gasteiger partial charge in [0.2, 0.25) is 0 Å². The Morgan fingerprint density at radius 3 is 2.46 bits per heavy atom. The van der Waals surface area contributed by atoms with Crippen molar-refractivity contribution in [3.63, 3.8) is 0 Å². The van der Waals surface area contributed by atoms with Crippen LogP contribution in [-0.2, 0) is 6.54 Å². The fourth-order valence-corrected chi connectivity index (χ4v) is 3.72. The third-order valence-corrected chi connectivity index (χ3v) is 5.26. The number of fused-ring (bicyclic) bond motifs is 1. The third-order valence-electron chi connectivity index (χ3n) is 4.36. The van der Waals surface area contributed by atoms with Crippen LogP contribution in [0.3, 0.4) is 0 Å². The van der Waals surface area contributed by atoms with Gasteiger partial charge in [-0.1, -0.05) is 12.1 Å². The van der Waals surface area contributed by atoms with Crippen LogP contribution in [0.15, 0.2) is 35.5 Å². The van der Waals surface area contributed by atoms with Crippen LogP contribution >= 0.6 is 11.3 Å². The van der Waals surface area contributed by atoms with Gasteiger partial charge in [-0.15, -0.1) is 11.3 Å². The average Bonchev–Trinajstić information content (AvgIpc) is 3.22. The summed E-state index contributed by atoms with van der Waals surface area (Å²) in [5.41, 5.74) is 1.01. The number of thiazole rings is 1. The SMILES string of the molecule is CCNC(=NCc1ncc(C)s1)NCCCCN1C(=O)c2ccccc2C1=O. The molecular weight excluding hydrogens is 374 g/mol. The van der Waals surface area contributed by atoms with E-state index in [-0.39, 0.29) is 11.8 Å². The first-order chi connectivity index (χ1) is 13.6. The highest BCUT2D eigenvalue weighted by Crippen LogP contribution is 2.22. The highest BCUT2D eigenvalue weighted by atomic mass is 32.1. The predicted molar refractivity (Wildman–Crippen MR) is 111 cm³/mol. The molecule has 148 valence electrons. The maximum absolute atomic E-state index is 12.3. The number of guanidine groups is 1. The number of nitrogens with zero attached hydrogens (tertiary/aromatic N) is 3. The first-order valence-electron chi connectivity index (χ1n) is 9.49. The number of aromatic nitrogens is 1. The molecule has 3 rings (SSSR count). The number of aryl methyl sites for hydroxylation is 1. The minimum Gasteiger partial charge on any atom is -0.357 e. The van der Waals surface area contributed by atoms with Crippen molar-refractivity contribution in [1.82, 2.24) is 20.5 Å². The number of nitrogens with one attached hydrogen (secondary N) is 2. The van der Waals surface area contributed by atoms with E-state index < -0.39 is 0 Å². The van der Waals surface area contributed by atoms with Crippen molar-refractivity contribution in [1.29, 1.82) is 0 Å². The van der Waals surface area contributed by atoms with Gasteiger partial charge in [-0.2, -0.15) is 0 Å². The van der Waals surface area contributed by atoms with Gasteiger partial charge in [0.05, 0.1) is 17.7 Å². The van der Waals surface area contributed by atoms with E-state index in [1.54, 1.807) is 35.6 Å². The Morgan fingerprint density at radius 2 is 1.86 bits per heavy atom. The van der Waals surface area contributed by atoms with Crippen LogP contribution in [0.5, 0.6) is 0 Å². The fourth-order valence-electron chi connectivity index (χ4n) is 3.01. The lowest BCUT2D eigenvalue weighted by atomic mass is 10.1. The minimum absolute atomic E-state index is 0.192. The Balaban J connectivity index is 1.43. The van der Waals surface area contributed by atoms with E-state index in [2.05, 4.69) is 20.6 Å². The highest BCUT2D eigenvalue weighted by molar-refractivity contribution is 7.11. The number of rotatable bonds is 8. The van der Waals surface area contributed by atoms with E-state index >= 15 is 0 Å². The predicted octanol–water partition coefficient (Wildman–Crippen LogP) is 2.58. The van der Waals surface area contributed by atoms with Crippen LogP contribution in [0.4, 0.5) is 0 Å². The quantitative estimate of drug-likeness (QED) is 0.308. The van der Waals surface area contributed by atoms with Crippen molar-refractivity contribution in [3.8, 4) is 0 Å². The van der Waals surface area contributed by atoms with Gasteiger partial charge in [0.25, 0.3) is 11.8 Å². The smallest absolute Gasteiger partial charge is 0.261 e. The summed E-state index contributed by atoms with van der Waals surface area (Å²) in [6.45, 7) is 6.52. The summed E-state index contributed by atoms with van der Waals surface area (Å²) in [5, 5.41) is 7.49. The van der Waals surface area contributed by atoms with Crippen molar-refractivity contribution in [2.24, 2.45) is 4.99 Å². The molecule has 2 heterocycles. The number of benzene rings is 1. The van der Waals surface area contributed by atoms with Crippen LogP contribution in [0.1, 0.15) is 50.4 Å². The van der Waals surface area contributed by atoms with E-state index in [0.29, 0.717) is 30.8 Å². The van der Waals surface area contributed by atoms with E-state index in [9.17, 15) is 9.59 Å². The number of hydrogen-bond donors (Lipinski definition) is 2. The summed E-state index contributed by atoms with van der Waals surface area (Å²) in [7, 11) is 0. The number of carbonyl (C=O) groups is 2. The lowest BCUT2D eigenvalue weighted by Gasteiger charge is -2.14.